The van der Waals surface area contributed by atoms with E-state index in [1.165, 1.54) is 0 Å². The molecular weight excluding hydrogens is 350 g/mol. The highest BCUT2D eigenvalue weighted by Gasteiger charge is 2.49. The molecule has 1 atom stereocenters. The maximum Gasteiger partial charge on any atom is 0.311 e. The number of rotatable bonds is 4. The first-order chi connectivity index (χ1) is 10.4. The molecule has 1 saturated heterocycles. The minimum Gasteiger partial charge on any atom is -0.481 e. The second kappa shape index (κ2) is 5.37. The summed E-state index contributed by atoms with van der Waals surface area (Å²) in [5.74, 6) is -0.570. The van der Waals surface area contributed by atoms with Crippen LogP contribution in [0.15, 0.2) is 4.47 Å². The van der Waals surface area contributed by atoms with E-state index in [2.05, 4.69) is 26.1 Å². The van der Waals surface area contributed by atoms with Crippen LogP contribution in [0.3, 0.4) is 0 Å². The lowest BCUT2D eigenvalue weighted by molar-refractivity contribution is -0.150. The fourth-order valence-electron chi connectivity index (χ4n) is 3.18. The third kappa shape index (κ3) is 2.35. The van der Waals surface area contributed by atoms with E-state index < -0.39 is 11.4 Å². The molecule has 1 unspecified atom stereocenters. The van der Waals surface area contributed by atoms with Crippen LogP contribution in [0.1, 0.15) is 55.2 Å². The van der Waals surface area contributed by atoms with Crippen LogP contribution >= 0.6 is 15.9 Å². The Morgan fingerprint density at radius 2 is 2.14 bits per heavy atom. The van der Waals surface area contributed by atoms with Gasteiger partial charge in [0.15, 0.2) is 5.69 Å². The first-order valence-electron chi connectivity index (χ1n) is 7.63. The summed E-state index contributed by atoms with van der Waals surface area (Å²) < 4.78 is 0.734. The predicted octanol–water partition coefficient (Wildman–Crippen LogP) is 2.62. The highest BCUT2D eigenvalue weighted by Crippen LogP contribution is 2.44. The van der Waals surface area contributed by atoms with Gasteiger partial charge >= 0.3 is 5.97 Å². The van der Waals surface area contributed by atoms with Gasteiger partial charge in [0.2, 0.25) is 0 Å². The molecule has 0 aromatic carbocycles. The van der Waals surface area contributed by atoms with Crippen molar-refractivity contribution >= 4 is 27.8 Å². The number of hydrogen-bond acceptors (Lipinski definition) is 3. The maximum absolute atomic E-state index is 12.7. The molecule has 1 aliphatic heterocycles. The van der Waals surface area contributed by atoms with Crippen molar-refractivity contribution in [1.29, 1.82) is 0 Å². The third-order valence-corrected chi connectivity index (χ3v) is 5.84. The number of aromatic amines is 1. The summed E-state index contributed by atoms with van der Waals surface area (Å²) in [4.78, 5) is 26.0. The zero-order valence-corrected chi connectivity index (χ0v) is 14.3. The van der Waals surface area contributed by atoms with Crippen molar-refractivity contribution in [2.24, 2.45) is 11.3 Å². The molecule has 1 aromatic rings. The van der Waals surface area contributed by atoms with E-state index in [9.17, 15) is 14.7 Å². The summed E-state index contributed by atoms with van der Waals surface area (Å²) in [7, 11) is 0. The smallest absolute Gasteiger partial charge is 0.311 e. The van der Waals surface area contributed by atoms with Crippen molar-refractivity contribution in [3.8, 4) is 0 Å². The van der Waals surface area contributed by atoms with Crippen molar-refractivity contribution in [2.75, 3.05) is 13.1 Å². The van der Waals surface area contributed by atoms with Gasteiger partial charge in [0.05, 0.1) is 15.6 Å². The van der Waals surface area contributed by atoms with E-state index in [-0.39, 0.29) is 18.4 Å². The molecule has 0 spiro atoms. The standard InChI is InChI=1S/C15H20BrN3O3/c1-8(2)15(14(21)22)5-6-19(7-15)13(20)12-10(16)11(17-18-12)9-3-4-9/h8-9H,3-7H2,1-2H3,(H,17,18)(H,21,22). The number of halogens is 1. The van der Waals surface area contributed by atoms with Crippen molar-refractivity contribution in [3.05, 3.63) is 15.9 Å². The van der Waals surface area contributed by atoms with Crippen LogP contribution in [0.4, 0.5) is 0 Å². The molecule has 2 N–H and O–H groups in total. The molecule has 3 rings (SSSR count). The van der Waals surface area contributed by atoms with Crippen LogP contribution in [-0.2, 0) is 4.79 Å². The van der Waals surface area contributed by atoms with E-state index >= 15 is 0 Å². The van der Waals surface area contributed by atoms with E-state index in [4.69, 9.17) is 0 Å². The number of amides is 1. The summed E-state index contributed by atoms with van der Waals surface area (Å²) in [6, 6.07) is 0. The van der Waals surface area contributed by atoms with Crippen molar-refractivity contribution in [2.45, 2.75) is 39.0 Å². The number of nitrogens with one attached hydrogen (secondary N) is 1. The van der Waals surface area contributed by atoms with Crippen LogP contribution in [0.25, 0.3) is 0 Å². The number of likely N-dealkylation sites (tertiary alicyclic amines) is 1. The quantitative estimate of drug-likeness (QED) is 0.853. The van der Waals surface area contributed by atoms with Gasteiger partial charge in [-0.3, -0.25) is 14.7 Å². The number of aromatic nitrogens is 2. The molecule has 2 fully saturated rings. The average molecular weight is 370 g/mol. The summed E-state index contributed by atoms with van der Waals surface area (Å²) >= 11 is 3.47. The van der Waals surface area contributed by atoms with Gasteiger partial charge in [-0.2, -0.15) is 5.10 Å². The number of aliphatic carboxylic acids is 1. The molecular formula is C15H20BrN3O3. The molecule has 120 valence electrons. The topological polar surface area (TPSA) is 86.3 Å². The van der Waals surface area contributed by atoms with Gasteiger partial charge in [0.1, 0.15) is 0 Å². The molecule has 22 heavy (non-hydrogen) atoms. The molecule has 7 heteroatoms. The molecule has 1 saturated carbocycles. The number of carboxylic acid groups (broad SMARTS) is 1. The summed E-state index contributed by atoms with van der Waals surface area (Å²) in [5, 5.41) is 16.7. The Morgan fingerprint density at radius 1 is 1.45 bits per heavy atom. The number of carbonyl (C=O) groups excluding carboxylic acids is 1. The van der Waals surface area contributed by atoms with Gasteiger partial charge in [-0.15, -0.1) is 0 Å². The Balaban J connectivity index is 1.81. The minimum absolute atomic E-state index is 0.0209. The average Bonchev–Trinajstić information content (AvgIpc) is 3.07. The number of hydrogen-bond donors (Lipinski definition) is 2. The summed E-state index contributed by atoms with van der Waals surface area (Å²) in [6.45, 7) is 4.51. The Morgan fingerprint density at radius 3 is 2.64 bits per heavy atom. The van der Waals surface area contributed by atoms with E-state index in [0.717, 1.165) is 23.0 Å². The largest absolute Gasteiger partial charge is 0.481 e. The predicted molar refractivity (Wildman–Crippen MR) is 83.7 cm³/mol. The van der Waals surface area contributed by atoms with E-state index in [0.29, 0.717) is 24.6 Å². The Kier molecular flexibility index (Phi) is 3.79. The van der Waals surface area contributed by atoms with Crippen LogP contribution in [-0.4, -0.2) is 45.2 Å². The summed E-state index contributed by atoms with van der Waals surface area (Å²) in [5.41, 5.74) is 0.500. The molecule has 2 heterocycles. The van der Waals surface area contributed by atoms with Crippen LogP contribution in [0, 0.1) is 11.3 Å². The van der Waals surface area contributed by atoms with Gasteiger partial charge in [0.25, 0.3) is 5.91 Å². The van der Waals surface area contributed by atoms with Crippen molar-refractivity contribution in [3.63, 3.8) is 0 Å². The first-order valence-corrected chi connectivity index (χ1v) is 8.42. The first kappa shape index (κ1) is 15.5. The van der Waals surface area contributed by atoms with Gasteiger partial charge in [-0.1, -0.05) is 13.8 Å². The molecule has 0 bridgehead atoms. The number of carbonyl (C=O) groups is 2. The highest BCUT2D eigenvalue weighted by atomic mass is 79.9. The number of nitrogens with zero attached hydrogens (tertiary/aromatic N) is 2. The lowest BCUT2D eigenvalue weighted by atomic mass is 9.76. The molecule has 1 aliphatic carbocycles. The second-order valence-electron chi connectivity index (χ2n) is 6.67. The van der Waals surface area contributed by atoms with E-state index in [1.54, 1.807) is 4.90 Å². The Hall–Kier alpha value is -1.37. The number of carboxylic acids is 1. The van der Waals surface area contributed by atoms with Crippen LogP contribution in [0.5, 0.6) is 0 Å². The Labute approximate surface area is 137 Å². The fraction of sp³-hybridized carbons (Fsp3) is 0.667. The highest BCUT2D eigenvalue weighted by molar-refractivity contribution is 9.10. The number of H-pyrrole nitrogens is 1. The molecule has 1 amide bonds. The molecule has 0 radical (unpaired) electrons. The van der Waals surface area contributed by atoms with Crippen LogP contribution < -0.4 is 0 Å². The zero-order chi connectivity index (χ0) is 16.1. The van der Waals surface area contributed by atoms with Gasteiger partial charge in [-0.25, -0.2) is 0 Å². The monoisotopic (exact) mass is 369 g/mol. The van der Waals surface area contributed by atoms with E-state index in [1.807, 2.05) is 13.8 Å². The second-order valence-corrected chi connectivity index (χ2v) is 7.46. The summed E-state index contributed by atoms with van der Waals surface area (Å²) in [6.07, 6.45) is 2.73. The third-order valence-electron chi connectivity index (χ3n) is 5.04. The molecule has 6 nitrogen and oxygen atoms in total. The lowest BCUT2D eigenvalue weighted by Crippen LogP contribution is -2.40. The van der Waals surface area contributed by atoms with Crippen LogP contribution in [0.2, 0.25) is 0 Å². The van der Waals surface area contributed by atoms with Crippen molar-refractivity contribution in [1.82, 2.24) is 15.1 Å². The molecule has 1 aromatic heterocycles. The fourth-order valence-corrected chi connectivity index (χ4v) is 3.85. The zero-order valence-electron chi connectivity index (χ0n) is 12.7. The van der Waals surface area contributed by atoms with Gasteiger partial charge < -0.3 is 10.0 Å². The Bertz CT molecular complexity index is 624. The normalized spacial score (nSPS) is 25.0. The maximum atomic E-state index is 12.7. The lowest BCUT2D eigenvalue weighted by Gasteiger charge is -2.28. The van der Waals surface area contributed by atoms with Gasteiger partial charge in [-0.05, 0) is 41.1 Å². The SMILES string of the molecule is CC(C)C1(C(=O)O)CCN(C(=O)c2n[nH]c(C3CC3)c2Br)C1. The van der Waals surface area contributed by atoms with Crippen molar-refractivity contribution < 1.29 is 14.7 Å². The minimum atomic E-state index is -0.849. The van der Waals surface area contributed by atoms with Gasteiger partial charge in [0, 0.05) is 19.0 Å². The molecule has 2 aliphatic rings.